The molecule has 1 atom stereocenters. The minimum absolute atomic E-state index is 0.0239. The van der Waals surface area contributed by atoms with E-state index < -0.39 is 0 Å². The van der Waals surface area contributed by atoms with Crippen LogP contribution in [0.15, 0.2) is 24.8 Å². The fourth-order valence-electron chi connectivity index (χ4n) is 3.25. The van der Waals surface area contributed by atoms with E-state index in [2.05, 4.69) is 44.1 Å². The first-order valence-electron chi connectivity index (χ1n) is 8.87. The summed E-state index contributed by atoms with van der Waals surface area (Å²) in [6.45, 7) is 8.48. The van der Waals surface area contributed by atoms with Crippen LogP contribution in [0, 0.1) is 0 Å². The molecule has 0 spiro atoms. The number of anilines is 2. The van der Waals surface area contributed by atoms with Gasteiger partial charge in [0.1, 0.15) is 24.1 Å². The standard InChI is InChI=1S/C17H24N6O2/c1-2-23-11-14(10-20-23)15-12-22(5-8-25-15)17-9-16(18-13-19-17)21-3-6-24-7-4-21/h9-11,13,15H,2-8,12H2,1H3. The lowest BCUT2D eigenvalue weighted by Crippen LogP contribution is -2.39. The van der Waals surface area contributed by atoms with Gasteiger partial charge in [-0.2, -0.15) is 5.10 Å². The molecule has 0 amide bonds. The van der Waals surface area contributed by atoms with Crippen molar-refractivity contribution >= 4 is 11.6 Å². The van der Waals surface area contributed by atoms with Crippen LogP contribution in [0.25, 0.3) is 0 Å². The van der Waals surface area contributed by atoms with Crippen molar-refractivity contribution in [3.05, 3.63) is 30.4 Å². The molecular weight excluding hydrogens is 320 g/mol. The van der Waals surface area contributed by atoms with E-state index in [9.17, 15) is 0 Å². The number of nitrogens with zero attached hydrogens (tertiary/aromatic N) is 6. The number of morpholine rings is 2. The van der Waals surface area contributed by atoms with E-state index in [4.69, 9.17) is 9.47 Å². The average molecular weight is 344 g/mol. The highest BCUT2D eigenvalue weighted by molar-refractivity contribution is 5.50. The molecule has 4 rings (SSSR count). The molecule has 134 valence electrons. The van der Waals surface area contributed by atoms with Gasteiger partial charge in [0.15, 0.2) is 0 Å². The highest BCUT2D eigenvalue weighted by Gasteiger charge is 2.25. The summed E-state index contributed by atoms with van der Waals surface area (Å²) in [5, 5.41) is 4.36. The van der Waals surface area contributed by atoms with Gasteiger partial charge in [-0.25, -0.2) is 9.97 Å². The zero-order chi connectivity index (χ0) is 17.1. The first kappa shape index (κ1) is 16.3. The van der Waals surface area contributed by atoms with Crippen LogP contribution < -0.4 is 9.80 Å². The van der Waals surface area contributed by atoms with Crippen molar-refractivity contribution in [2.45, 2.75) is 19.6 Å². The van der Waals surface area contributed by atoms with Crippen LogP contribution in [0.1, 0.15) is 18.6 Å². The zero-order valence-corrected chi connectivity index (χ0v) is 14.5. The molecule has 2 fully saturated rings. The van der Waals surface area contributed by atoms with Crippen molar-refractivity contribution in [2.24, 2.45) is 0 Å². The quantitative estimate of drug-likeness (QED) is 0.823. The first-order chi connectivity index (χ1) is 12.3. The number of hydrogen-bond donors (Lipinski definition) is 0. The molecule has 0 N–H and O–H groups in total. The Hall–Kier alpha value is -2.19. The molecule has 2 aliphatic heterocycles. The van der Waals surface area contributed by atoms with Crippen molar-refractivity contribution in [3.8, 4) is 0 Å². The summed E-state index contributed by atoms with van der Waals surface area (Å²) in [6.07, 6.45) is 5.64. The minimum Gasteiger partial charge on any atom is -0.378 e. The molecule has 8 heteroatoms. The van der Waals surface area contributed by atoms with Gasteiger partial charge >= 0.3 is 0 Å². The Bertz CT molecular complexity index is 700. The Morgan fingerprint density at radius 3 is 2.60 bits per heavy atom. The lowest BCUT2D eigenvalue weighted by molar-refractivity contribution is 0.0394. The molecule has 2 saturated heterocycles. The number of hydrogen-bond acceptors (Lipinski definition) is 7. The third kappa shape index (κ3) is 3.59. The molecule has 0 bridgehead atoms. The Balaban J connectivity index is 1.49. The number of ether oxygens (including phenoxy) is 2. The fourth-order valence-corrected chi connectivity index (χ4v) is 3.25. The van der Waals surface area contributed by atoms with Crippen molar-refractivity contribution in [1.82, 2.24) is 19.7 Å². The second kappa shape index (κ2) is 7.37. The topological polar surface area (TPSA) is 68.5 Å². The first-order valence-corrected chi connectivity index (χ1v) is 8.87. The third-order valence-electron chi connectivity index (χ3n) is 4.71. The molecule has 1 unspecified atom stereocenters. The van der Waals surface area contributed by atoms with Crippen LogP contribution in [0.3, 0.4) is 0 Å². The molecule has 0 aliphatic carbocycles. The predicted molar refractivity (Wildman–Crippen MR) is 93.9 cm³/mol. The molecule has 2 aromatic rings. The fraction of sp³-hybridized carbons (Fsp3) is 0.588. The van der Waals surface area contributed by atoms with E-state index in [0.717, 1.165) is 63.1 Å². The van der Waals surface area contributed by atoms with E-state index >= 15 is 0 Å². The van der Waals surface area contributed by atoms with Gasteiger partial charge < -0.3 is 19.3 Å². The third-order valence-corrected chi connectivity index (χ3v) is 4.71. The Morgan fingerprint density at radius 2 is 1.84 bits per heavy atom. The van der Waals surface area contributed by atoms with Gasteiger partial charge in [-0.1, -0.05) is 0 Å². The maximum absolute atomic E-state index is 5.95. The molecule has 2 aromatic heterocycles. The van der Waals surface area contributed by atoms with Gasteiger partial charge in [0.05, 0.1) is 26.0 Å². The van der Waals surface area contributed by atoms with Crippen molar-refractivity contribution < 1.29 is 9.47 Å². The van der Waals surface area contributed by atoms with Crippen LogP contribution >= 0.6 is 0 Å². The Kier molecular flexibility index (Phi) is 4.80. The number of aromatic nitrogens is 4. The molecule has 0 aromatic carbocycles. The monoisotopic (exact) mass is 344 g/mol. The number of aryl methyl sites for hydroxylation is 1. The van der Waals surface area contributed by atoms with E-state index in [1.807, 2.05) is 10.9 Å². The second-order valence-electron chi connectivity index (χ2n) is 6.27. The SMILES string of the molecule is CCn1cc(C2CN(c3cc(N4CCOCC4)ncn3)CCO2)cn1. The average Bonchev–Trinajstić information content (AvgIpc) is 3.18. The highest BCUT2D eigenvalue weighted by atomic mass is 16.5. The predicted octanol–water partition coefficient (Wildman–Crippen LogP) is 1.11. The summed E-state index contributed by atoms with van der Waals surface area (Å²) in [7, 11) is 0. The van der Waals surface area contributed by atoms with Crippen LogP contribution in [0.4, 0.5) is 11.6 Å². The Morgan fingerprint density at radius 1 is 1.08 bits per heavy atom. The van der Waals surface area contributed by atoms with Crippen LogP contribution in [-0.4, -0.2) is 65.7 Å². The lowest BCUT2D eigenvalue weighted by Gasteiger charge is -2.34. The summed E-state index contributed by atoms with van der Waals surface area (Å²) in [5.41, 5.74) is 1.12. The summed E-state index contributed by atoms with van der Waals surface area (Å²) in [5.74, 6) is 1.92. The molecule has 4 heterocycles. The Labute approximate surface area is 147 Å². The molecular formula is C17H24N6O2. The summed E-state index contributed by atoms with van der Waals surface area (Å²) in [6, 6.07) is 2.07. The van der Waals surface area contributed by atoms with Gasteiger partial charge in [0, 0.05) is 50.6 Å². The van der Waals surface area contributed by atoms with Gasteiger partial charge in [-0.3, -0.25) is 4.68 Å². The maximum atomic E-state index is 5.95. The van der Waals surface area contributed by atoms with Crippen molar-refractivity contribution in [1.29, 1.82) is 0 Å². The zero-order valence-electron chi connectivity index (χ0n) is 14.5. The molecule has 2 aliphatic rings. The normalized spacial score (nSPS) is 21.6. The van der Waals surface area contributed by atoms with Crippen LogP contribution in [0.5, 0.6) is 0 Å². The maximum Gasteiger partial charge on any atom is 0.134 e. The van der Waals surface area contributed by atoms with Crippen molar-refractivity contribution in [3.63, 3.8) is 0 Å². The van der Waals surface area contributed by atoms with E-state index in [1.54, 1.807) is 6.33 Å². The van der Waals surface area contributed by atoms with Gasteiger partial charge in [0.2, 0.25) is 0 Å². The van der Waals surface area contributed by atoms with E-state index in [0.29, 0.717) is 6.61 Å². The van der Waals surface area contributed by atoms with E-state index in [-0.39, 0.29) is 6.10 Å². The van der Waals surface area contributed by atoms with E-state index in [1.165, 1.54) is 0 Å². The smallest absolute Gasteiger partial charge is 0.134 e. The van der Waals surface area contributed by atoms with Gasteiger partial charge in [0.25, 0.3) is 0 Å². The van der Waals surface area contributed by atoms with Crippen LogP contribution in [0.2, 0.25) is 0 Å². The minimum atomic E-state index is 0.0239. The molecule has 25 heavy (non-hydrogen) atoms. The summed E-state index contributed by atoms with van der Waals surface area (Å²) >= 11 is 0. The highest BCUT2D eigenvalue weighted by Crippen LogP contribution is 2.26. The lowest BCUT2D eigenvalue weighted by atomic mass is 10.1. The largest absolute Gasteiger partial charge is 0.378 e. The van der Waals surface area contributed by atoms with Gasteiger partial charge in [-0.05, 0) is 6.92 Å². The summed E-state index contributed by atoms with van der Waals surface area (Å²) in [4.78, 5) is 13.4. The van der Waals surface area contributed by atoms with Gasteiger partial charge in [-0.15, -0.1) is 0 Å². The van der Waals surface area contributed by atoms with Crippen LogP contribution in [-0.2, 0) is 16.0 Å². The summed E-state index contributed by atoms with van der Waals surface area (Å²) < 4.78 is 13.3. The molecule has 0 radical (unpaired) electrons. The molecule has 8 nitrogen and oxygen atoms in total. The second-order valence-corrected chi connectivity index (χ2v) is 6.27. The van der Waals surface area contributed by atoms with Crippen molar-refractivity contribution in [2.75, 3.05) is 55.8 Å². The number of rotatable bonds is 4. The molecule has 0 saturated carbocycles.